The second-order valence-corrected chi connectivity index (χ2v) is 5.90. The molecule has 1 heterocycles. The van der Waals surface area contributed by atoms with Crippen molar-refractivity contribution in [2.45, 2.75) is 39.8 Å². The van der Waals surface area contributed by atoms with Gasteiger partial charge in [-0.2, -0.15) is 5.10 Å². The normalized spacial score (nSPS) is 12.5. The highest BCUT2D eigenvalue weighted by Crippen LogP contribution is 2.28. The molecule has 0 saturated heterocycles. The minimum atomic E-state index is -0.563. The van der Waals surface area contributed by atoms with E-state index in [0.29, 0.717) is 6.42 Å². The zero-order chi connectivity index (χ0) is 15.6. The van der Waals surface area contributed by atoms with Crippen molar-refractivity contribution in [2.24, 2.45) is 0 Å². The summed E-state index contributed by atoms with van der Waals surface area (Å²) in [7, 11) is 1.65. The molecule has 0 aliphatic carbocycles. The van der Waals surface area contributed by atoms with Gasteiger partial charge >= 0.3 is 0 Å². The van der Waals surface area contributed by atoms with E-state index in [9.17, 15) is 5.11 Å². The van der Waals surface area contributed by atoms with Gasteiger partial charge in [-0.15, -0.1) is 0 Å². The molecule has 1 N–H and O–H groups in total. The number of benzene rings is 1. The summed E-state index contributed by atoms with van der Waals surface area (Å²) in [6, 6.07) is 5.77. The van der Waals surface area contributed by atoms with Gasteiger partial charge in [0.2, 0.25) is 0 Å². The van der Waals surface area contributed by atoms with Crippen molar-refractivity contribution >= 4 is 15.9 Å². The Bertz CT molecular complexity index is 637. The summed E-state index contributed by atoms with van der Waals surface area (Å²) in [6.45, 7) is 6.78. The summed E-state index contributed by atoms with van der Waals surface area (Å²) in [4.78, 5) is 0. The number of rotatable bonds is 5. The van der Waals surface area contributed by atoms with Crippen molar-refractivity contribution in [1.82, 2.24) is 9.78 Å². The fourth-order valence-electron chi connectivity index (χ4n) is 2.47. The van der Waals surface area contributed by atoms with Gasteiger partial charge in [-0.3, -0.25) is 4.68 Å². The second kappa shape index (κ2) is 6.62. The first-order valence-electron chi connectivity index (χ1n) is 7.02. The lowest BCUT2D eigenvalue weighted by Crippen LogP contribution is -2.09. The van der Waals surface area contributed by atoms with Crippen LogP contribution in [0.25, 0.3) is 0 Å². The lowest BCUT2D eigenvalue weighted by Gasteiger charge is -2.14. The summed E-state index contributed by atoms with van der Waals surface area (Å²) in [6.07, 6.45) is -0.0339. The van der Waals surface area contributed by atoms with E-state index < -0.39 is 6.10 Å². The minimum Gasteiger partial charge on any atom is -0.496 e. The SMILES string of the molecule is CCn1nc(C)c(Br)c1CC(O)c1ccc(OC)c(C)c1. The molecule has 114 valence electrons. The fraction of sp³-hybridized carbons (Fsp3) is 0.438. The van der Waals surface area contributed by atoms with E-state index >= 15 is 0 Å². The fourth-order valence-corrected chi connectivity index (χ4v) is 2.92. The first kappa shape index (κ1) is 16.0. The molecular weight excluding hydrogens is 332 g/mol. The number of hydrogen-bond donors (Lipinski definition) is 1. The third kappa shape index (κ3) is 3.30. The van der Waals surface area contributed by atoms with Crippen molar-refractivity contribution in [3.8, 4) is 5.75 Å². The van der Waals surface area contributed by atoms with Crippen LogP contribution in [-0.4, -0.2) is 22.0 Å². The Kier molecular flexibility index (Phi) is 5.06. The van der Waals surface area contributed by atoms with Crippen molar-refractivity contribution in [2.75, 3.05) is 7.11 Å². The molecular formula is C16H21BrN2O2. The lowest BCUT2D eigenvalue weighted by molar-refractivity contribution is 0.175. The topological polar surface area (TPSA) is 47.3 Å². The summed E-state index contributed by atoms with van der Waals surface area (Å²) >= 11 is 3.57. The van der Waals surface area contributed by atoms with E-state index in [-0.39, 0.29) is 0 Å². The zero-order valence-corrected chi connectivity index (χ0v) is 14.4. The largest absolute Gasteiger partial charge is 0.496 e. The Labute approximate surface area is 133 Å². The molecule has 0 radical (unpaired) electrons. The van der Waals surface area contributed by atoms with Gasteiger partial charge in [0.05, 0.1) is 29.1 Å². The van der Waals surface area contributed by atoms with Gasteiger partial charge in [0.25, 0.3) is 0 Å². The molecule has 2 aromatic rings. The van der Waals surface area contributed by atoms with Crippen LogP contribution in [0.4, 0.5) is 0 Å². The predicted molar refractivity (Wildman–Crippen MR) is 86.7 cm³/mol. The number of aromatic nitrogens is 2. The minimum absolute atomic E-state index is 0.529. The summed E-state index contributed by atoms with van der Waals surface area (Å²) < 4.78 is 8.16. The highest BCUT2D eigenvalue weighted by atomic mass is 79.9. The summed E-state index contributed by atoms with van der Waals surface area (Å²) in [5.41, 5.74) is 3.89. The molecule has 0 saturated carbocycles. The maximum atomic E-state index is 10.5. The smallest absolute Gasteiger partial charge is 0.121 e. The number of methoxy groups -OCH3 is 1. The third-order valence-electron chi connectivity index (χ3n) is 3.64. The van der Waals surface area contributed by atoms with Crippen molar-refractivity contribution in [3.63, 3.8) is 0 Å². The molecule has 21 heavy (non-hydrogen) atoms. The number of aliphatic hydroxyl groups excluding tert-OH is 1. The van der Waals surface area contributed by atoms with Crippen LogP contribution in [0.5, 0.6) is 5.75 Å². The first-order chi connectivity index (χ1) is 9.97. The van der Waals surface area contributed by atoms with E-state index in [1.807, 2.05) is 43.7 Å². The number of aliphatic hydroxyl groups is 1. The lowest BCUT2D eigenvalue weighted by atomic mass is 10.0. The van der Waals surface area contributed by atoms with Gasteiger partial charge in [0, 0.05) is 13.0 Å². The zero-order valence-electron chi connectivity index (χ0n) is 12.9. The number of ether oxygens (including phenoxy) is 1. The number of hydrogen-bond acceptors (Lipinski definition) is 3. The van der Waals surface area contributed by atoms with E-state index in [1.165, 1.54) is 0 Å². The average Bonchev–Trinajstić information content (AvgIpc) is 2.74. The van der Waals surface area contributed by atoms with E-state index in [0.717, 1.165) is 39.3 Å². The molecule has 0 aliphatic rings. The third-order valence-corrected chi connectivity index (χ3v) is 4.67. The van der Waals surface area contributed by atoms with Crippen LogP contribution < -0.4 is 4.74 Å². The van der Waals surface area contributed by atoms with Crippen LogP contribution in [0.2, 0.25) is 0 Å². The molecule has 1 atom stereocenters. The first-order valence-corrected chi connectivity index (χ1v) is 7.81. The van der Waals surface area contributed by atoms with Crippen LogP contribution in [-0.2, 0) is 13.0 Å². The molecule has 0 aliphatic heterocycles. The van der Waals surface area contributed by atoms with Gasteiger partial charge in [0.15, 0.2) is 0 Å². The Hall–Kier alpha value is -1.33. The van der Waals surface area contributed by atoms with Gasteiger partial charge < -0.3 is 9.84 Å². The monoisotopic (exact) mass is 352 g/mol. The van der Waals surface area contributed by atoms with Gasteiger partial charge in [0.1, 0.15) is 5.75 Å². The maximum absolute atomic E-state index is 10.5. The predicted octanol–water partition coefficient (Wildman–Crippen LogP) is 3.57. The maximum Gasteiger partial charge on any atom is 0.121 e. The van der Waals surface area contributed by atoms with Gasteiger partial charge in [-0.25, -0.2) is 0 Å². The molecule has 1 aromatic carbocycles. The summed E-state index contributed by atoms with van der Waals surface area (Å²) in [5, 5.41) is 15.0. The molecule has 2 rings (SSSR count). The van der Waals surface area contributed by atoms with E-state index in [1.54, 1.807) is 7.11 Å². The molecule has 0 fully saturated rings. The van der Waals surface area contributed by atoms with Gasteiger partial charge in [-0.1, -0.05) is 6.07 Å². The van der Waals surface area contributed by atoms with Crippen molar-refractivity contribution < 1.29 is 9.84 Å². The summed E-state index contributed by atoms with van der Waals surface area (Å²) in [5.74, 6) is 0.835. The standard InChI is InChI=1S/C16H21BrN2O2/c1-5-19-13(16(17)11(3)18-19)9-14(20)12-6-7-15(21-4)10(2)8-12/h6-8,14,20H,5,9H2,1-4H3. The Morgan fingerprint density at radius 3 is 2.67 bits per heavy atom. The van der Waals surface area contributed by atoms with Crippen LogP contribution in [0.15, 0.2) is 22.7 Å². The number of aryl methyl sites for hydroxylation is 3. The highest BCUT2D eigenvalue weighted by molar-refractivity contribution is 9.10. The second-order valence-electron chi connectivity index (χ2n) is 5.11. The molecule has 5 heteroatoms. The highest BCUT2D eigenvalue weighted by Gasteiger charge is 2.17. The Morgan fingerprint density at radius 1 is 1.38 bits per heavy atom. The van der Waals surface area contributed by atoms with E-state index in [4.69, 9.17) is 4.74 Å². The molecule has 4 nitrogen and oxygen atoms in total. The van der Waals surface area contributed by atoms with Crippen molar-refractivity contribution in [1.29, 1.82) is 0 Å². The van der Waals surface area contributed by atoms with Gasteiger partial charge in [-0.05, 0) is 60.0 Å². The van der Waals surface area contributed by atoms with Crippen LogP contribution >= 0.6 is 15.9 Å². The molecule has 0 bridgehead atoms. The number of halogens is 1. The molecule has 1 unspecified atom stereocenters. The molecule has 0 amide bonds. The van der Waals surface area contributed by atoms with Crippen molar-refractivity contribution in [3.05, 3.63) is 45.2 Å². The van der Waals surface area contributed by atoms with Crippen LogP contribution in [0, 0.1) is 13.8 Å². The van der Waals surface area contributed by atoms with E-state index in [2.05, 4.69) is 21.0 Å². The Balaban J connectivity index is 2.25. The quantitative estimate of drug-likeness (QED) is 0.894. The Morgan fingerprint density at radius 2 is 2.10 bits per heavy atom. The number of nitrogens with zero attached hydrogens (tertiary/aromatic N) is 2. The van der Waals surface area contributed by atoms with Crippen LogP contribution in [0.1, 0.15) is 35.5 Å². The molecule has 0 spiro atoms. The van der Waals surface area contributed by atoms with Crippen LogP contribution in [0.3, 0.4) is 0 Å². The molecule has 1 aromatic heterocycles. The average molecular weight is 353 g/mol.